The van der Waals surface area contributed by atoms with Crippen molar-refractivity contribution in [3.63, 3.8) is 0 Å². The molecule has 2 aromatic heterocycles. The first-order valence-corrected chi connectivity index (χ1v) is 8.73. The maximum absolute atomic E-state index is 12.2. The largest absolute Gasteiger partial charge is 0.354 e. The lowest BCUT2D eigenvalue weighted by Gasteiger charge is -2.23. The smallest absolute Gasteiger partial charge is 0.220 e. The molecule has 0 spiro atoms. The summed E-state index contributed by atoms with van der Waals surface area (Å²) in [6.45, 7) is 4.68. The second kappa shape index (κ2) is 7.75. The van der Waals surface area contributed by atoms with Gasteiger partial charge in [0.05, 0.1) is 11.7 Å². The molecule has 1 amide bonds. The summed E-state index contributed by atoms with van der Waals surface area (Å²) in [5.41, 5.74) is 3.34. The molecule has 0 radical (unpaired) electrons. The van der Waals surface area contributed by atoms with E-state index in [1.54, 1.807) is 11.3 Å². The summed E-state index contributed by atoms with van der Waals surface area (Å²) >= 11 is 1.72. The lowest BCUT2D eigenvalue weighted by Crippen LogP contribution is -2.34. The maximum atomic E-state index is 12.2. The van der Waals surface area contributed by atoms with Crippen molar-refractivity contribution in [2.75, 3.05) is 20.6 Å². The first-order valence-electron chi connectivity index (χ1n) is 7.85. The number of amides is 1. The molecule has 0 saturated carbocycles. The number of nitrogens with one attached hydrogen (secondary N) is 1. The Hall–Kier alpha value is -1.66. The molecular weight excluding hydrogens is 308 g/mol. The molecule has 126 valence electrons. The lowest BCUT2D eigenvalue weighted by atomic mass is 10.1. The van der Waals surface area contributed by atoms with Crippen molar-refractivity contribution in [3.8, 4) is 0 Å². The second-order valence-electron chi connectivity index (χ2n) is 6.07. The Bertz CT molecular complexity index is 646. The van der Waals surface area contributed by atoms with Crippen LogP contribution in [0.5, 0.6) is 0 Å². The maximum Gasteiger partial charge on any atom is 0.220 e. The van der Waals surface area contributed by atoms with E-state index < -0.39 is 0 Å². The minimum Gasteiger partial charge on any atom is -0.354 e. The average molecular weight is 334 g/mol. The molecule has 0 aliphatic carbocycles. The van der Waals surface area contributed by atoms with Gasteiger partial charge in [0.15, 0.2) is 0 Å². The fraction of sp³-hybridized carbons (Fsp3) is 0.529. The van der Waals surface area contributed by atoms with E-state index in [1.165, 1.54) is 10.4 Å². The van der Waals surface area contributed by atoms with Gasteiger partial charge >= 0.3 is 0 Å². The molecule has 2 rings (SSSR count). The number of carbonyl (C=O) groups is 1. The highest BCUT2D eigenvalue weighted by molar-refractivity contribution is 7.10. The second-order valence-corrected chi connectivity index (χ2v) is 7.05. The van der Waals surface area contributed by atoms with Crippen LogP contribution in [0.15, 0.2) is 17.5 Å². The van der Waals surface area contributed by atoms with Crippen LogP contribution < -0.4 is 5.32 Å². The molecule has 23 heavy (non-hydrogen) atoms. The third-order valence-corrected chi connectivity index (χ3v) is 5.22. The molecule has 1 atom stereocenters. The zero-order valence-electron chi connectivity index (χ0n) is 14.6. The number of aryl methyl sites for hydroxylation is 2. The van der Waals surface area contributed by atoms with Gasteiger partial charge in [-0.05, 0) is 51.4 Å². The van der Waals surface area contributed by atoms with E-state index in [0.29, 0.717) is 13.0 Å². The molecule has 0 unspecified atom stereocenters. The van der Waals surface area contributed by atoms with Gasteiger partial charge < -0.3 is 10.2 Å². The number of nitrogens with zero attached hydrogens (tertiary/aromatic N) is 3. The predicted molar refractivity (Wildman–Crippen MR) is 94.8 cm³/mol. The van der Waals surface area contributed by atoms with Crippen molar-refractivity contribution in [2.24, 2.45) is 7.05 Å². The molecule has 1 N–H and O–H groups in total. The average Bonchev–Trinajstić information content (AvgIpc) is 3.08. The molecule has 0 aromatic carbocycles. The highest BCUT2D eigenvalue weighted by Gasteiger charge is 2.17. The van der Waals surface area contributed by atoms with Gasteiger partial charge in [0, 0.05) is 30.6 Å². The number of likely N-dealkylation sites (N-methyl/N-ethyl adjacent to an activating group) is 1. The Balaban J connectivity index is 1.87. The topological polar surface area (TPSA) is 50.2 Å². The number of thiophene rings is 1. The van der Waals surface area contributed by atoms with Crippen molar-refractivity contribution in [3.05, 3.63) is 39.3 Å². The quantitative estimate of drug-likeness (QED) is 0.846. The zero-order chi connectivity index (χ0) is 17.0. The molecule has 0 saturated heterocycles. The number of aromatic nitrogens is 2. The summed E-state index contributed by atoms with van der Waals surface area (Å²) in [5.74, 6) is 0.0936. The highest BCUT2D eigenvalue weighted by Crippen LogP contribution is 2.22. The number of carbonyl (C=O) groups excluding carboxylic acids is 1. The fourth-order valence-electron chi connectivity index (χ4n) is 2.74. The van der Waals surface area contributed by atoms with E-state index in [1.807, 2.05) is 45.7 Å². The molecular formula is C17H26N4OS. The van der Waals surface area contributed by atoms with Crippen molar-refractivity contribution < 1.29 is 4.79 Å². The van der Waals surface area contributed by atoms with E-state index in [2.05, 4.69) is 26.8 Å². The molecule has 0 aliphatic heterocycles. The minimum atomic E-state index is 0.0936. The lowest BCUT2D eigenvalue weighted by molar-refractivity contribution is -0.121. The van der Waals surface area contributed by atoms with Gasteiger partial charge in [-0.3, -0.25) is 9.48 Å². The van der Waals surface area contributed by atoms with Crippen molar-refractivity contribution in [1.29, 1.82) is 0 Å². The Kier molecular flexibility index (Phi) is 5.96. The summed E-state index contributed by atoms with van der Waals surface area (Å²) in [4.78, 5) is 15.6. The van der Waals surface area contributed by atoms with Crippen LogP contribution in [0.3, 0.4) is 0 Å². The van der Waals surface area contributed by atoms with Crippen LogP contribution in [-0.2, 0) is 18.3 Å². The van der Waals surface area contributed by atoms with Gasteiger partial charge in [-0.15, -0.1) is 11.3 Å². The summed E-state index contributed by atoms with van der Waals surface area (Å²) in [5, 5.41) is 9.54. The van der Waals surface area contributed by atoms with Gasteiger partial charge in [-0.1, -0.05) is 6.07 Å². The number of hydrogen-bond acceptors (Lipinski definition) is 4. The van der Waals surface area contributed by atoms with E-state index in [0.717, 1.165) is 17.8 Å². The minimum absolute atomic E-state index is 0.0936. The Labute approximate surface area is 142 Å². The first-order chi connectivity index (χ1) is 10.9. The molecule has 6 heteroatoms. The summed E-state index contributed by atoms with van der Waals surface area (Å²) in [6, 6.07) is 4.39. The molecule has 0 bridgehead atoms. The fourth-order valence-corrected chi connectivity index (χ4v) is 3.66. The normalized spacial score (nSPS) is 12.6. The predicted octanol–water partition coefficient (Wildman–Crippen LogP) is 2.45. The molecule has 2 heterocycles. The standard InChI is InChI=1S/C17H26N4OS/c1-12-14(13(2)21(5)19-12)8-9-17(22)18-11-15(20(3)4)16-7-6-10-23-16/h6-7,10,15H,8-9,11H2,1-5H3,(H,18,22)/t15-/m0/s1. The summed E-state index contributed by atoms with van der Waals surface area (Å²) < 4.78 is 1.88. The molecule has 0 aliphatic rings. The van der Waals surface area contributed by atoms with Crippen molar-refractivity contribution >= 4 is 17.2 Å². The summed E-state index contributed by atoms with van der Waals surface area (Å²) in [7, 11) is 6.02. The molecule has 0 fully saturated rings. The van der Waals surface area contributed by atoms with Crippen LogP contribution in [0.25, 0.3) is 0 Å². The monoisotopic (exact) mass is 334 g/mol. The van der Waals surface area contributed by atoms with E-state index in [9.17, 15) is 4.79 Å². The Morgan fingerprint density at radius 2 is 2.17 bits per heavy atom. The Morgan fingerprint density at radius 1 is 1.43 bits per heavy atom. The third kappa shape index (κ3) is 4.42. The summed E-state index contributed by atoms with van der Waals surface area (Å²) in [6.07, 6.45) is 1.24. The van der Waals surface area contributed by atoms with Crippen LogP contribution in [0, 0.1) is 13.8 Å². The van der Waals surface area contributed by atoms with E-state index in [4.69, 9.17) is 0 Å². The van der Waals surface area contributed by atoms with Crippen molar-refractivity contribution in [2.45, 2.75) is 32.7 Å². The van der Waals surface area contributed by atoms with Crippen LogP contribution in [-0.4, -0.2) is 41.2 Å². The van der Waals surface area contributed by atoms with Crippen LogP contribution >= 0.6 is 11.3 Å². The molecule has 2 aromatic rings. The van der Waals surface area contributed by atoms with E-state index >= 15 is 0 Å². The van der Waals surface area contributed by atoms with Crippen molar-refractivity contribution in [1.82, 2.24) is 20.0 Å². The molecule has 5 nitrogen and oxygen atoms in total. The number of hydrogen-bond donors (Lipinski definition) is 1. The Morgan fingerprint density at radius 3 is 2.70 bits per heavy atom. The van der Waals surface area contributed by atoms with Gasteiger partial charge in [0.2, 0.25) is 5.91 Å². The zero-order valence-corrected chi connectivity index (χ0v) is 15.4. The van der Waals surface area contributed by atoms with Crippen LogP contribution in [0.4, 0.5) is 0 Å². The highest BCUT2D eigenvalue weighted by atomic mass is 32.1. The number of rotatable bonds is 7. The first kappa shape index (κ1) is 17.7. The SMILES string of the molecule is Cc1nn(C)c(C)c1CCC(=O)NC[C@@H](c1cccs1)N(C)C. The van der Waals surface area contributed by atoms with Crippen LogP contribution in [0.1, 0.15) is 34.3 Å². The van der Waals surface area contributed by atoms with E-state index in [-0.39, 0.29) is 11.9 Å². The van der Waals surface area contributed by atoms with Gasteiger partial charge in [-0.2, -0.15) is 5.10 Å². The third-order valence-electron chi connectivity index (χ3n) is 4.25. The van der Waals surface area contributed by atoms with Gasteiger partial charge in [-0.25, -0.2) is 0 Å². The van der Waals surface area contributed by atoms with Gasteiger partial charge in [0.25, 0.3) is 0 Å². The van der Waals surface area contributed by atoms with Crippen LogP contribution in [0.2, 0.25) is 0 Å². The van der Waals surface area contributed by atoms with Gasteiger partial charge in [0.1, 0.15) is 0 Å².